The zero-order valence-electron chi connectivity index (χ0n) is 12.0. The summed E-state index contributed by atoms with van der Waals surface area (Å²) in [5.41, 5.74) is 1.02. The normalized spacial score (nSPS) is 18.2. The molecule has 6 heteroatoms. The highest BCUT2D eigenvalue weighted by molar-refractivity contribution is 5.89. The van der Waals surface area contributed by atoms with Gasteiger partial charge >= 0.3 is 5.97 Å². The molecule has 6 nitrogen and oxygen atoms in total. The van der Waals surface area contributed by atoms with Gasteiger partial charge in [-0.15, -0.1) is 0 Å². The van der Waals surface area contributed by atoms with Gasteiger partial charge in [-0.3, -0.25) is 4.79 Å². The number of carbonyl (C=O) groups is 2. The zero-order valence-corrected chi connectivity index (χ0v) is 12.0. The third-order valence-electron chi connectivity index (χ3n) is 3.56. The molecule has 1 unspecified atom stereocenters. The molecule has 21 heavy (non-hydrogen) atoms. The minimum atomic E-state index is -0.943. The fraction of sp³-hybridized carbons (Fsp3) is 0.467. The average Bonchev–Trinajstić information content (AvgIpc) is 2.52. The van der Waals surface area contributed by atoms with Crippen molar-refractivity contribution in [2.45, 2.75) is 12.5 Å². The first-order valence-corrected chi connectivity index (χ1v) is 6.97. The van der Waals surface area contributed by atoms with Gasteiger partial charge in [0.05, 0.1) is 18.8 Å². The quantitative estimate of drug-likeness (QED) is 0.820. The van der Waals surface area contributed by atoms with Gasteiger partial charge in [0.1, 0.15) is 6.04 Å². The minimum absolute atomic E-state index is 0.0255. The van der Waals surface area contributed by atoms with E-state index < -0.39 is 5.97 Å². The Morgan fingerprint density at radius 2 is 2.19 bits per heavy atom. The molecule has 0 saturated carbocycles. The van der Waals surface area contributed by atoms with E-state index in [1.165, 1.54) is 0 Å². The van der Waals surface area contributed by atoms with Crippen LogP contribution in [0.4, 0.5) is 0 Å². The van der Waals surface area contributed by atoms with Gasteiger partial charge in [0.15, 0.2) is 0 Å². The van der Waals surface area contributed by atoms with Crippen LogP contribution in [-0.2, 0) is 16.0 Å². The molecule has 0 radical (unpaired) electrons. The van der Waals surface area contributed by atoms with Crippen LogP contribution >= 0.6 is 0 Å². The van der Waals surface area contributed by atoms with E-state index in [0.29, 0.717) is 32.7 Å². The third kappa shape index (κ3) is 4.03. The predicted octanol–water partition coefficient (Wildman–Crippen LogP) is 0.374. The van der Waals surface area contributed by atoms with Crippen molar-refractivity contribution >= 4 is 11.9 Å². The Hall–Kier alpha value is -1.92. The summed E-state index contributed by atoms with van der Waals surface area (Å²) in [6.45, 7) is 2.15. The second-order valence-corrected chi connectivity index (χ2v) is 5.05. The van der Waals surface area contributed by atoms with E-state index in [1.54, 1.807) is 36.2 Å². The molecule has 1 aromatic carbocycles. The Bertz CT molecular complexity index is 512. The molecule has 2 N–H and O–H groups in total. The smallest absolute Gasteiger partial charge is 0.335 e. The summed E-state index contributed by atoms with van der Waals surface area (Å²) in [5.74, 6) is -0.968. The molecule has 1 aliphatic heterocycles. The van der Waals surface area contributed by atoms with Gasteiger partial charge in [0, 0.05) is 20.1 Å². The highest BCUT2D eigenvalue weighted by atomic mass is 16.5. The average molecular weight is 292 g/mol. The monoisotopic (exact) mass is 292 g/mol. The molecule has 1 heterocycles. The van der Waals surface area contributed by atoms with Crippen molar-refractivity contribution in [3.05, 3.63) is 35.4 Å². The number of hydrogen-bond donors (Lipinski definition) is 2. The summed E-state index contributed by atoms with van der Waals surface area (Å²) in [5, 5.41) is 12.3. The van der Waals surface area contributed by atoms with Gasteiger partial charge in [-0.2, -0.15) is 0 Å². The van der Waals surface area contributed by atoms with E-state index >= 15 is 0 Å². The standard InChI is InChI=1S/C15H20N2O4/c1-17(14(18)13-10-21-9-7-16-13)8-6-11-4-2-3-5-12(11)15(19)20/h2-5,13,16H,6-10H2,1H3,(H,19,20). The summed E-state index contributed by atoms with van der Waals surface area (Å²) < 4.78 is 5.28. The van der Waals surface area contributed by atoms with Crippen LogP contribution in [0.1, 0.15) is 15.9 Å². The van der Waals surface area contributed by atoms with E-state index in [0.717, 1.165) is 5.56 Å². The molecule has 2 rings (SSSR count). The summed E-state index contributed by atoms with van der Waals surface area (Å²) in [4.78, 5) is 25.0. The third-order valence-corrected chi connectivity index (χ3v) is 3.56. The molecule has 1 aliphatic rings. The maximum Gasteiger partial charge on any atom is 0.335 e. The van der Waals surface area contributed by atoms with Crippen molar-refractivity contribution in [1.82, 2.24) is 10.2 Å². The van der Waals surface area contributed by atoms with Gasteiger partial charge in [-0.1, -0.05) is 18.2 Å². The lowest BCUT2D eigenvalue weighted by atomic mass is 10.0. The summed E-state index contributed by atoms with van der Waals surface area (Å²) in [7, 11) is 1.72. The summed E-state index contributed by atoms with van der Waals surface area (Å²) >= 11 is 0. The Balaban J connectivity index is 1.93. The van der Waals surface area contributed by atoms with Crippen LogP contribution in [0.25, 0.3) is 0 Å². The fourth-order valence-electron chi connectivity index (χ4n) is 2.34. The number of aromatic carboxylic acids is 1. The Labute approximate surface area is 123 Å². The SMILES string of the molecule is CN(CCc1ccccc1C(=O)O)C(=O)C1COCCN1. The number of benzene rings is 1. The number of nitrogens with zero attached hydrogens (tertiary/aromatic N) is 1. The Morgan fingerprint density at radius 1 is 1.43 bits per heavy atom. The molecule has 1 aromatic rings. The van der Waals surface area contributed by atoms with Crippen molar-refractivity contribution in [3.63, 3.8) is 0 Å². The number of rotatable bonds is 5. The van der Waals surface area contributed by atoms with Crippen molar-refractivity contribution in [3.8, 4) is 0 Å². The second-order valence-electron chi connectivity index (χ2n) is 5.05. The molecule has 1 atom stereocenters. The number of hydrogen-bond acceptors (Lipinski definition) is 4. The molecule has 0 bridgehead atoms. The number of carboxylic acid groups (broad SMARTS) is 1. The zero-order chi connectivity index (χ0) is 15.2. The van der Waals surface area contributed by atoms with Crippen LogP contribution in [0.3, 0.4) is 0 Å². The van der Waals surface area contributed by atoms with Gasteiger partial charge in [-0.05, 0) is 18.1 Å². The van der Waals surface area contributed by atoms with Crippen molar-refractivity contribution < 1.29 is 19.4 Å². The molecule has 0 aromatic heterocycles. The topological polar surface area (TPSA) is 78.9 Å². The molecule has 0 aliphatic carbocycles. The van der Waals surface area contributed by atoms with Crippen molar-refractivity contribution in [2.75, 3.05) is 33.4 Å². The highest BCUT2D eigenvalue weighted by Gasteiger charge is 2.24. The fourth-order valence-corrected chi connectivity index (χ4v) is 2.34. The first kappa shape index (κ1) is 15.5. The molecular formula is C15H20N2O4. The maximum absolute atomic E-state index is 12.2. The van der Waals surface area contributed by atoms with Crippen LogP contribution < -0.4 is 5.32 Å². The first-order chi connectivity index (χ1) is 10.1. The van der Waals surface area contributed by atoms with Gasteiger partial charge in [0.2, 0.25) is 5.91 Å². The lowest BCUT2D eigenvalue weighted by Crippen LogP contribution is -2.51. The number of likely N-dealkylation sites (N-methyl/N-ethyl adjacent to an activating group) is 1. The largest absolute Gasteiger partial charge is 0.478 e. The minimum Gasteiger partial charge on any atom is -0.478 e. The lowest BCUT2D eigenvalue weighted by molar-refractivity contribution is -0.135. The van der Waals surface area contributed by atoms with Gasteiger partial charge in [-0.25, -0.2) is 4.79 Å². The second kappa shape index (κ2) is 7.19. The van der Waals surface area contributed by atoms with Crippen LogP contribution in [0.15, 0.2) is 24.3 Å². The van der Waals surface area contributed by atoms with Crippen LogP contribution in [-0.4, -0.2) is 61.3 Å². The molecule has 114 valence electrons. The molecular weight excluding hydrogens is 272 g/mol. The maximum atomic E-state index is 12.2. The first-order valence-electron chi connectivity index (χ1n) is 6.97. The summed E-state index contributed by atoms with van der Waals surface area (Å²) in [6.07, 6.45) is 0.512. The van der Waals surface area contributed by atoms with Crippen LogP contribution in [0.5, 0.6) is 0 Å². The van der Waals surface area contributed by atoms with Gasteiger partial charge in [0.25, 0.3) is 0 Å². The van der Waals surface area contributed by atoms with E-state index in [9.17, 15) is 9.59 Å². The molecule has 1 saturated heterocycles. The van der Waals surface area contributed by atoms with E-state index in [2.05, 4.69) is 5.32 Å². The number of nitrogens with one attached hydrogen (secondary N) is 1. The van der Waals surface area contributed by atoms with E-state index in [4.69, 9.17) is 9.84 Å². The number of carboxylic acids is 1. The summed E-state index contributed by atoms with van der Waals surface area (Å²) in [6, 6.07) is 6.56. The molecule has 1 amide bonds. The number of carbonyl (C=O) groups excluding carboxylic acids is 1. The van der Waals surface area contributed by atoms with Crippen molar-refractivity contribution in [1.29, 1.82) is 0 Å². The number of morpholine rings is 1. The van der Waals surface area contributed by atoms with Crippen LogP contribution in [0.2, 0.25) is 0 Å². The molecule has 0 spiro atoms. The van der Waals surface area contributed by atoms with E-state index in [-0.39, 0.29) is 17.5 Å². The Morgan fingerprint density at radius 3 is 2.86 bits per heavy atom. The van der Waals surface area contributed by atoms with Crippen molar-refractivity contribution in [2.24, 2.45) is 0 Å². The number of ether oxygens (including phenoxy) is 1. The number of amides is 1. The Kier molecular flexibility index (Phi) is 5.30. The van der Waals surface area contributed by atoms with Gasteiger partial charge < -0.3 is 20.1 Å². The van der Waals surface area contributed by atoms with Crippen LogP contribution in [0, 0.1) is 0 Å². The highest BCUT2D eigenvalue weighted by Crippen LogP contribution is 2.10. The van der Waals surface area contributed by atoms with E-state index in [1.807, 2.05) is 0 Å². The predicted molar refractivity (Wildman–Crippen MR) is 77.4 cm³/mol. The lowest BCUT2D eigenvalue weighted by Gasteiger charge is -2.27. The molecule has 1 fully saturated rings.